The number of carboxylic acids is 1. The van der Waals surface area contributed by atoms with Crippen LogP contribution >= 0.6 is 0 Å². The summed E-state index contributed by atoms with van der Waals surface area (Å²) in [5.74, 6) is -1.95. The maximum Gasteiger partial charge on any atom is 0.326 e. The average Bonchev–Trinajstić information content (AvgIpc) is 2.87. The third kappa shape index (κ3) is 3.84. The Hall–Kier alpha value is -2.57. The summed E-state index contributed by atoms with van der Waals surface area (Å²) in [5, 5.41) is 9.35. The van der Waals surface area contributed by atoms with Gasteiger partial charge in [0.2, 0.25) is 5.82 Å². The molecule has 1 atom stereocenters. The van der Waals surface area contributed by atoms with Crippen LogP contribution in [0.25, 0.3) is 0 Å². The first-order valence-electron chi connectivity index (χ1n) is 7.57. The number of nitrogens with zero attached hydrogens (tertiary/aromatic N) is 1. The van der Waals surface area contributed by atoms with Gasteiger partial charge in [-0.3, -0.25) is 4.79 Å². The molecule has 0 spiro atoms. The van der Waals surface area contributed by atoms with Gasteiger partial charge in [0.1, 0.15) is 11.8 Å². The van der Waals surface area contributed by atoms with Gasteiger partial charge in [-0.1, -0.05) is 19.9 Å². The van der Waals surface area contributed by atoms with Crippen molar-refractivity contribution >= 4 is 11.9 Å². The standard InChI is InChI=1S/C17H20FNO5/c1-10(2)7-12(17(21)22)19-9-11(8-15(19)20)24-14-6-4-5-13(23-3)16(14)18/h4-6,8,10,12H,7,9H2,1-3H3,(H,21,22)/t12-/m0/s1. The molecule has 1 amide bonds. The van der Waals surface area contributed by atoms with Crippen LogP contribution < -0.4 is 9.47 Å². The van der Waals surface area contributed by atoms with Gasteiger partial charge in [0.15, 0.2) is 11.5 Å². The Bertz CT molecular complexity index is 671. The monoisotopic (exact) mass is 337 g/mol. The zero-order valence-corrected chi connectivity index (χ0v) is 13.8. The van der Waals surface area contributed by atoms with Crippen molar-refractivity contribution in [2.45, 2.75) is 26.3 Å². The molecule has 0 unspecified atom stereocenters. The molecule has 0 aromatic heterocycles. The number of carbonyl (C=O) groups excluding carboxylic acids is 1. The van der Waals surface area contributed by atoms with Crippen LogP contribution in [0.3, 0.4) is 0 Å². The lowest BCUT2D eigenvalue weighted by Crippen LogP contribution is -2.43. The molecule has 1 heterocycles. The van der Waals surface area contributed by atoms with Gasteiger partial charge in [-0.25, -0.2) is 4.79 Å². The number of ether oxygens (including phenoxy) is 2. The van der Waals surface area contributed by atoms with Gasteiger partial charge in [0.25, 0.3) is 5.91 Å². The van der Waals surface area contributed by atoms with Crippen molar-refractivity contribution in [3.63, 3.8) is 0 Å². The molecule has 1 N–H and O–H groups in total. The number of hydrogen-bond donors (Lipinski definition) is 1. The highest BCUT2D eigenvalue weighted by Crippen LogP contribution is 2.29. The van der Waals surface area contributed by atoms with Gasteiger partial charge in [0.05, 0.1) is 13.7 Å². The summed E-state index contributed by atoms with van der Waals surface area (Å²) < 4.78 is 24.4. The molecule has 0 radical (unpaired) electrons. The van der Waals surface area contributed by atoms with Crippen LogP contribution in [0.1, 0.15) is 20.3 Å². The number of methoxy groups -OCH3 is 1. The lowest BCUT2D eigenvalue weighted by atomic mass is 10.0. The molecule has 1 aromatic rings. The van der Waals surface area contributed by atoms with E-state index in [2.05, 4.69) is 0 Å². The van der Waals surface area contributed by atoms with Gasteiger partial charge in [0, 0.05) is 6.08 Å². The summed E-state index contributed by atoms with van der Waals surface area (Å²) in [6.45, 7) is 3.75. The fourth-order valence-corrected chi connectivity index (χ4v) is 2.51. The summed E-state index contributed by atoms with van der Waals surface area (Å²) in [4.78, 5) is 24.8. The number of aliphatic carboxylic acids is 1. The fraction of sp³-hybridized carbons (Fsp3) is 0.412. The molecule has 0 bridgehead atoms. The Labute approximate surface area is 139 Å². The largest absolute Gasteiger partial charge is 0.494 e. The van der Waals surface area contributed by atoms with E-state index in [4.69, 9.17) is 9.47 Å². The Morgan fingerprint density at radius 3 is 2.62 bits per heavy atom. The molecule has 6 nitrogen and oxygen atoms in total. The molecule has 1 aliphatic heterocycles. The second-order valence-corrected chi connectivity index (χ2v) is 5.93. The predicted molar refractivity (Wildman–Crippen MR) is 84.3 cm³/mol. The minimum atomic E-state index is -1.07. The van der Waals surface area contributed by atoms with E-state index in [-0.39, 0.29) is 29.7 Å². The van der Waals surface area contributed by atoms with Crippen molar-refractivity contribution in [2.75, 3.05) is 13.7 Å². The minimum absolute atomic E-state index is 0.0147. The van der Waals surface area contributed by atoms with Crippen molar-refractivity contribution in [1.82, 2.24) is 4.90 Å². The van der Waals surface area contributed by atoms with E-state index in [1.165, 1.54) is 30.2 Å². The molecule has 0 saturated carbocycles. The Morgan fingerprint density at radius 1 is 1.38 bits per heavy atom. The predicted octanol–water partition coefficient (Wildman–Crippen LogP) is 2.44. The van der Waals surface area contributed by atoms with Gasteiger partial charge in [-0.05, 0) is 24.5 Å². The number of halogens is 1. The number of hydrogen-bond acceptors (Lipinski definition) is 4. The molecule has 7 heteroatoms. The molecular formula is C17H20FNO5. The second-order valence-electron chi connectivity index (χ2n) is 5.93. The number of benzene rings is 1. The van der Waals surface area contributed by atoms with E-state index in [1.54, 1.807) is 6.07 Å². The number of carbonyl (C=O) groups is 2. The summed E-state index contributed by atoms with van der Waals surface area (Å²) in [5.41, 5.74) is 0. The lowest BCUT2D eigenvalue weighted by Gasteiger charge is -2.25. The summed E-state index contributed by atoms with van der Waals surface area (Å²) in [7, 11) is 1.34. The highest BCUT2D eigenvalue weighted by Gasteiger charge is 2.34. The molecule has 24 heavy (non-hydrogen) atoms. The molecule has 0 fully saturated rings. The third-order valence-corrected chi connectivity index (χ3v) is 3.64. The number of rotatable bonds is 7. The summed E-state index contributed by atoms with van der Waals surface area (Å²) >= 11 is 0. The number of carboxylic acid groups (broad SMARTS) is 1. The molecular weight excluding hydrogens is 317 g/mol. The van der Waals surface area contributed by atoms with E-state index < -0.39 is 23.7 Å². The highest BCUT2D eigenvalue weighted by atomic mass is 19.1. The van der Waals surface area contributed by atoms with Crippen LogP contribution in [0.15, 0.2) is 30.0 Å². The molecule has 1 aliphatic rings. The normalized spacial score (nSPS) is 15.5. The van der Waals surface area contributed by atoms with E-state index >= 15 is 0 Å². The number of amides is 1. The van der Waals surface area contributed by atoms with E-state index in [9.17, 15) is 19.1 Å². The zero-order valence-electron chi connectivity index (χ0n) is 13.8. The van der Waals surface area contributed by atoms with Gasteiger partial charge in [-0.2, -0.15) is 4.39 Å². The maximum atomic E-state index is 14.1. The van der Waals surface area contributed by atoms with Gasteiger partial charge in [-0.15, -0.1) is 0 Å². The first-order valence-corrected chi connectivity index (χ1v) is 7.57. The van der Waals surface area contributed by atoms with E-state index in [0.717, 1.165) is 0 Å². The van der Waals surface area contributed by atoms with Gasteiger partial charge >= 0.3 is 5.97 Å². The molecule has 2 rings (SSSR count). The lowest BCUT2D eigenvalue weighted by molar-refractivity contribution is -0.148. The van der Waals surface area contributed by atoms with Crippen LogP contribution in [0, 0.1) is 11.7 Å². The van der Waals surface area contributed by atoms with Gasteiger partial charge < -0.3 is 19.5 Å². The first kappa shape index (κ1) is 17.8. The third-order valence-electron chi connectivity index (χ3n) is 3.64. The highest BCUT2D eigenvalue weighted by molar-refractivity contribution is 5.94. The van der Waals surface area contributed by atoms with Crippen LogP contribution in [-0.4, -0.2) is 41.6 Å². The first-order chi connectivity index (χ1) is 11.3. The molecule has 0 saturated heterocycles. The van der Waals surface area contributed by atoms with Crippen molar-refractivity contribution in [2.24, 2.45) is 5.92 Å². The van der Waals surface area contributed by atoms with Crippen LogP contribution in [-0.2, 0) is 9.59 Å². The van der Waals surface area contributed by atoms with Crippen LogP contribution in [0.4, 0.5) is 4.39 Å². The zero-order chi connectivity index (χ0) is 17.9. The van der Waals surface area contributed by atoms with Crippen molar-refractivity contribution in [3.8, 4) is 11.5 Å². The topological polar surface area (TPSA) is 76.1 Å². The second kappa shape index (κ2) is 7.33. The van der Waals surface area contributed by atoms with Crippen molar-refractivity contribution in [3.05, 3.63) is 35.9 Å². The molecule has 1 aromatic carbocycles. The SMILES string of the molecule is COc1cccc(OC2=CC(=O)N([C@@H](CC(C)C)C(=O)O)C2)c1F. The van der Waals surface area contributed by atoms with E-state index in [0.29, 0.717) is 6.42 Å². The quantitative estimate of drug-likeness (QED) is 0.827. The Morgan fingerprint density at radius 2 is 2.04 bits per heavy atom. The smallest absolute Gasteiger partial charge is 0.326 e. The van der Waals surface area contributed by atoms with Crippen molar-refractivity contribution < 1.29 is 28.6 Å². The molecule has 0 aliphatic carbocycles. The Kier molecular flexibility index (Phi) is 5.43. The summed E-state index contributed by atoms with van der Waals surface area (Å²) in [6, 6.07) is 3.48. The maximum absolute atomic E-state index is 14.1. The average molecular weight is 337 g/mol. The molecule has 130 valence electrons. The minimum Gasteiger partial charge on any atom is -0.494 e. The van der Waals surface area contributed by atoms with Crippen LogP contribution in [0.5, 0.6) is 11.5 Å². The Balaban J connectivity index is 2.14. The van der Waals surface area contributed by atoms with Crippen LogP contribution in [0.2, 0.25) is 0 Å². The fourth-order valence-electron chi connectivity index (χ4n) is 2.51. The van der Waals surface area contributed by atoms with E-state index in [1.807, 2.05) is 13.8 Å². The van der Waals surface area contributed by atoms with Crippen molar-refractivity contribution in [1.29, 1.82) is 0 Å². The summed E-state index contributed by atoms with van der Waals surface area (Å²) in [6.07, 6.45) is 1.52.